The molecule has 0 aromatic carbocycles. The van der Waals surface area contributed by atoms with E-state index in [0.29, 0.717) is 17.7 Å². The third-order valence-electron chi connectivity index (χ3n) is 3.02. The number of aliphatic carboxylic acids is 2. The van der Waals surface area contributed by atoms with Crippen LogP contribution in [0.5, 0.6) is 0 Å². The highest BCUT2D eigenvalue weighted by Gasteiger charge is 2.28. The molecule has 0 fully saturated rings. The maximum atomic E-state index is 9.53. The van der Waals surface area contributed by atoms with Crippen molar-refractivity contribution < 1.29 is 25.1 Å². The quantitative estimate of drug-likeness (QED) is 0.475. The molecule has 0 unspecified atom stereocenters. The number of quaternary nitrogens is 1. The summed E-state index contributed by atoms with van der Waals surface area (Å²) in [6.07, 6.45) is 9.32. The summed E-state index contributed by atoms with van der Waals surface area (Å²) in [6.45, 7) is 8.36. The second kappa shape index (κ2) is 12.4. The lowest BCUT2D eigenvalue weighted by Crippen LogP contribution is -2.93. The first kappa shape index (κ1) is 20.7. The number of nitrogens with two attached hydrogens (primary N) is 1. The summed E-state index contributed by atoms with van der Waals surface area (Å²) in [6, 6.07) is 0. The van der Waals surface area contributed by atoms with E-state index in [2.05, 4.69) is 38.9 Å². The van der Waals surface area contributed by atoms with E-state index >= 15 is 0 Å². The standard InChI is InChI=1S/C11H23N.C4H4O4/c1-5-8-11(12-4,9-6-2)10-7-3;5-3(6)1-2-4(7)8/h5,12H,1,6-10H2,2-4H3;1-2H,(H,5,6)(H,7,8)/b;2-1+. The number of carboxylic acids is 2. The van der Waals surface area contributed by atoms with Crippen molar-refractivity contribution in [3.8, 4) is 0 Å². The number of carboxylic acid groups (broad SMARTS) is 2. The fourth-order valence-electron chi connectivity index (χ4n) is 2.16. The lowest BCUT2D eigenvalue weighted by Gasteiger charge is -2.28. The van der Waals surface area contributed by atoms with Crippen LogP contribution in [0.1, 0.15) is 46.0 Å². The van der Waals surface area contributed by atoms with Crippen molar-refractivity contribution in [1.29, 1.82) is 0 Å². The van der Waals surface area contributed by atoms with Gasteiger partial charge in [-0.2, -0.15) is 0 Å². The summed E-state index contributed by atoms with van der Waals surface area (Å²) in [5, 5.41) is 19.6. The fourth-order valence-corrected chi connectivity index (χ4v) is 2.16. The van der Waals surface area contributed by atoms with Crippen molar-refractivity contribution in [3.63, 3.8) is 0 Å². The van der Waals surface area contributed by atoms with Gasteiger partial charge in [0, 0.05) is 25.3 Å². The van der Waals surface area contributed by atoms with Gasteiger partial charge in [0.15, 0.2) is 0 Å². The minimum atomic E-state index is -1.51. The zero-order valence-corrected chi connectivity index (χ0v) is 12.7. The molecule has 5 nitrogen and oxygen atoms in total. The predicted molar refractivity (Wildman–Crippen MR) is 77.0 cm³/mol. The smallest absolute Gasteiger partial charge is 0.328 e. The molecule has 0 aromatic rings. The van der Waals surface area contributed by atoms with Crippen LogP contribution >= 0.6 is 0 Å². The molecule has 0 heterocycles. The molecule has 0 spiro atoms. The molecule has 20 heavy (non-hydrogen) atoms. The topological polar surface area (TPSA) is 94.0 Å². The Bertz CT molecular complexity index is 302. The Morgan fingerprint density at radius 3 is 1.95 bits per heavy atom. The minimum Gasteiger partial charge on any atom is -0.545 e. The first-order valence-corrected chi connectivity index (χ1v) is 6.90. The Hall–Kier alpha value is -1.62. The molecule has 0 aliphatic heterocycles. The van der Waals surface area contributed by atoms with Crippen molar-refractivity contribution in [1.82, 2.24) is 0 Å². The summed E-state index contributed by atoms with van der Waals surface area (Å²) in [7, 11) is 2.19. The number of hydrogen-bond donors (Lipinski definition) is 2. The maximum Gasteiger partial charge on any atom is 0.328 e. The average Bonchev–Trinajstić information content (AvgIpc) is 2.38. The van der Waals surface area contributed by atoms with Crippen molar-refractivity contribution in [2.45, 2.75) is 51.5 Å². The summed E-state index contributed by atoms with van der Waals surface area (Å²) in [4.78, 5) is 19.0. The van der Waals surface area contributed by atoms with E-state index in [9.17, 15) is 14.7 Å². The largest absolute Gasteiger partial charge is 0.545 e. The zero-order chi connectivity index (χ0) is 16.0. The number of rotatable bonds is 9. The van der Waals surface area contributed by atoms with E-state index in [1.165, 1.54) is 25.7 Å². The molecule has 0 aliphatic rings. The summed E-state index contributed by atoms with van der Waals surface area (Å²) < 4.78 is 0. The summed E-state index contributed by atoms with van der Waals surface area (Å²) in [5.41, 5.74) is 0.450. The maximum absolute atomic E-state index is 9.53. The first-order chi connectivity index (χ1) is 9.37. The molecular weight excluding hydrogens is 258 g/mol. The SMILES string of the molecule is C=CCC(CCC)(CCC)[NH2+]C.O=C([O-])/C=C/C(=O)O. The highest BCUT2D eigenvalue weighted by molar-refractivity contribution is 5.88. The van der Waals surface area contributed by atoms with Gasteiger partial charge in [0.1, 0.15) is 0 Å². The Morgan fingerprint density at radius 1 is 1.25 bits per heavy atom. The fraction of sp³-hybridized carbons (Fsp3) is 0.600. The molecule has 0 rings (SSSR count). The van der Waals surface area contributed by atoms with Crippen LogP contribution in [0.25, 0.3) is 0 Å². The van der Waals surface area contributed by atoms with Crippen molar-refractivity contribution in [2.24, 2.45) is 0 Å². The zero-order valence-electron chi connectivity index (χ0n) is 12.7. The lowest BCUT2D eigenvalue weighted by atomic mass is 9.85. The van der Waals surface area contributed by atoms with Crippen LogP contribution in [0.15, 0.2) is 24.8 Å². The highest BCUT2D eigenvalue weighted by atomic mass is 16.4. The first-order valence-electron chi connectivity index (χ1n) is 6.90. The summed E-state index contributed by atoms with van der Waals surface area (Å²) in [5.74, 6) is -2.80. The Morgan fingerprint density at radius 2 is 1.75 bits per heavy atom. The molecule has 0 saturated heterocycles. The molecule has 116 valence electrons. The van der Waals surface area contributed by atoms with Crippen LogP contribution < -0.4 is 10.4 Å². The van der Waals surface area contributed by atoms with Crippen LogP contribution in [0.4, 0.5) is 0 Å². The lowest BCUT2D eigenvalue weighted by molar-refractivity contribution is -0.705. The minimum absolute atomic E-state index is 0.447. The van der Waals surface area contributed by atoms with E-state index in [4.69, 9.17) is 5.11 Å². The van der Waals surface area contributed by atoms with Gasteiger partial charge in [-0.3, -0.25) is 0 Å². The van der Waals surface area contributed by atoms with E-state index in [-0.39, 0.29) is 0 Å². The van der Waals surface area contributed by atoms with Crippen LogP contribution in [0.2, 0.25) is 0 Å². The van der Waals surface area contributed by atoms with Crippen molar-refractivity contribution >= 4 is 11.9 Å². The molecule has 3 N–H and O–H groups in total. The Labute approximate surface area is 121 Å². The molecule has 0 bridgehead atoms. The molecule has 0 radical (unpaired) electrons. The van der Waals surface area contributed by atoms with Crippen LogP contribution in [-0.2, 0) is 9.59 Å². The molecule has 0 aromatic heterocycles. The molecule has 0 saturated carbocycles. The molecule has 0 aliphatic carbocycles. The molecule has 0 atom stereocenters. The number of hydrogen-bond acceptors (Lipinski definition) is 3. The second-order valence-electron chi connectivity index (χ2n) is 4.63. The van der Waals surface area contributed by atoms with Gasteiger partial charge in [0.2, 0.25) is 0 Å². The van der Waals surface area contributed by atoms with Crippen LogP contribution in [0.3, 0.4) is 0 Å². The van der Waals surface area contributed by atoms with Gasteiger partial charge in [-0.05, 0) is 6.08 Å². The normalized spacial score (nSPS) is 10.8. The van der Waals surface area contributed by atoms with Crippen LogP contribution in [0, 0.1) is 0 Å². The molecular formula is C15H27NO4. The van der Waals surface area contributed by atoms with Gasteiger partial charge < -0.3 is 20.3 Å². The Balaban J connectivity index is 0. The van der Waals surface area contributed by atoms with Gasteiger partial charge in [-0.1, -0.05) is 32.8 Å². The third kappa shape index (κ3) is 11.5. The van der Waals surface area contributed by atoms with Crippen molar-refractivity contribution in [3.05, 3.63) is 24.8 Å². The van der Waals surface area contributed by atoms with Crippen molar-refractivity contribution in [2.75, 3.05) is 7.05 Å². The van der Waals surface area contributed by atoms with Gasteiger partial charge in [-0.25, -0.2) is 4.79 Å². The van der Waals surface area contributed by atoms with E-state index in [1.807, 2.05) is 0 Å². The predicted octanol–water partition coefficient (Wildman–Crippen LogP) is 0.472. The van der Waals surface area contributed by atoms with Gasteiger partial charge in [0.05, 0.1) is 18.6 Å². The average molecular weight is 285 g/mol. The van der Waals surface area contributed by atoms with Gasteiger partial charge in [0.25, 0.3) is 0 Å². The molecule has 5 heteroatoms. The van der Waals surface area contributed by atoms with E-state index in [0.717, 1.165) is 6.42 Å². The van der Waals surface area contributed by atoms with E-state index in [1.54, 1.807) is 0 Å². The number of carbonyl (C=O) groups excluding carboxylic acids is 1. The van der Waals surface area contributed by atoms with Gasteiger partial charge in [-0.15, -0.1) is 6.58 Å². The van der Waals surface area contributed by atoms with E-state index < -0.39 is 11.9 Å². The second-order valence-corrected chi connectivity index (χ2v) is 4.63. The molecule has 0 amide bonds. The highest BCUT2D eigenvalue weighted by Crippen LogP contribution is 2.19. The Kier molecular flexibility index (Phi) is 12.8. The third-order valence-corrected chi connectivity index (χ3v) is 3.02. The van der Waals surface area contributed by atoms with Gasteiger partial charge >= 0.3 is 5.97 Å². The number of carbonyl (C=O) groups is 2. The van der Waals surface area contributed by atoms with Crippen LogP contribution in [-0.4, -0.2) is 29.6 Å². The summed E-state index contributed by atoms with van der Waals surface area (Å²) >= 11 is 0. The monoisotopic (exact) mass is 285 g/mol.